The molecule has 0 bridgehead atoms. The van der Waals surface area contributed by atoms with Crippen molar-refractivity contribution < 1.29 is 0 Å². The van der Waals surface area contributed by atoms with Crippen molar-refractivity contribution in [2.45, 2.75) is 39.8 Å². The minimum absolute atomic E-state index is 0.549. The third-order valence-corrected chi connectivity index (χ3v) is 3.43. The zero-order valence-corrected chi connectivity index (χ0v) is 12.5. The van der Waals surface area contributed by atoms with E-state index in [1.54, 1.807) is 0 Å². The quantitative estimate of drug-likeness (QED) is 0.717. The van der Waals surface area contributed by atoms with Gasteiger partial charge in [0.15, 0.2) is 0 Å². The summed E-state index contributed by atoms with van der Waals surface area (Å²) in [5.41, 5.74) is 0. The number of likely N-dealkylation sites (N-methyl/N-ethyl adjacent to an activating group) is 1. The van der Waals surface area contributed by atoms with Gasteiger partial charge in [-0.1, -0.05) is 20.8 Å². The van der Waals surface area contributed by atoms with Gasteiger partial charge in [-0.3, -0.25) is 4.90 Å². The van der Waals surface area contributed by atoms with E-state index in [0.29, 0.717) is 12.0 Å². The molecule has 0 spiro atoms. The van der Waals surface area contributed by atoms with Crippen molar-refractivity contribution in [3.8, 4) is 0 Å². The number of nitrogens with one attached hydrogen (secondary N) is 1. The molecule has 1 N–H and O–H groups in total. The van der Waals surface area contributed by atoms with Crippen molar-refractivity contribution in [1.29, 1.82) is 0 Å². The Labute approximate surface area is 111 Å². The smallest absolute Gasteiger partial charge is 0.122 e. The van der Waals surface area contributed by atoms with Gasteiger partial charge in [-0.25, -0.2) is 4.98 Å². The van der Waals surface area contributed by atoms with Gasteiger partial charge in [-0.2, -0.15) is 0 Å². The summed E-state index contributed by atoms with van der Waals surface area (Å²) >= 11 is 0. The molecule has 0 aromatic carbocycles. The molecular formula is C14H28N4. The predicted molar refractivity (Wildman–Crippen MR) is 76.5 cm³/mol. The topological polar surface area (TPSA) is 33.1 Å². The van der Waals surface area contributed by atoms with E-state index in [0.717, 1.165) is 25.5 Å². The standard InChI is InChI=1S/C14H28N4/c1-6-7-15-10-13(12(2)3)18(5)11-14-16-8-9-17(14)4/h8-9,12-13,15H,6-7,10-11H2,1-5H3. The van der Waals surface area contributed by atoms with Crippen LogP contribution in [-0.4, -0.2) is 40.6 Å². The molecule has 1 rings (SSSR count). The highest BCUT2D eigenvalue weighted by Gasteiger charge is 2.19. The molecule has 0 saturated heterocycles. The maximum atomic E-state index is 4.39. The summed E-state index contributed by atoms with van der Waals surface area (Å²) in [5, 5.41) is 3.52. The highest BCUT2D eigenvalue weighted by molar-refractivity contribution is 4.92. The zero-order chi connectivity index (χ0) is 13.5. The number of hydrogen-bond donors (Lipinski definition) is 1. The van der Waals surface area contributed by atoms with Crippen molar-refractivity contribution in [2.24, 2.45) is 13.0 Å². The molecule has 1 atom stereocenters. The van der Waals surface area contributed by atoms with E-state index in [1.807, 2.05) is 12.4 Å². The molecule has 0 saturated carbocycles. The van der Waals surface area contributed by atoms with E-state index < -0.39 is 0 Å². The van der Waals surface area contributed by atoms with Gasteiger partial charge in [0.2, 0.25) is 0 Å². The second kappa shape index (κ2) is 7.54. The van der Waals surface area contributed by atoms with Crippen LogP contribution in [0.4, 0.5) is 0 Å². The summed E-state index contributed by atoms with van der Waals surface area (Å²) in [6, 6.07) is 0.549. The highest BCUT2D eigenvalue weighted by Crippen LogP contribution is 2.11. The first-order valence-electron chi connectivity index (χ1n) is 6.93. The average molecular weight is 252 g/mol. The summed E-state index contributed by atoms with van der Waals surface area (Å²) in [5.74, 6) is 1.76. The lowest BCUT2D eigenvalue weighted by Gasteiger charge is -2.31. The Morgan fingerprint density at radius 2 is 2.17 bits per heavy atom. The van der Waals surface area contributed by atoms with Crippen LogP contribution in [-0.2, 0) is 13.6 Å². The lowest BCUT2D eigenvalue weighted by molar-refractivity contribution is 0.175. The molecule has 1 unspecified atom stereocenters. The average Bonchev–Trinajstić information content (AvgIpc) is 2.70. The summed E-state index contributed by atoms with van der Waals surface area (Å²) in [7, 11) is 4.24. The molecule has 1 heterocycles. The zero-order valence-electron chi connectivity index (χ0n) is 12.5. The van der Waals surface area contributed by atoms with E-state index in [1.165, 1.54) is 6.42 Å². The van der Waals surface area contributed by atoms with Crippen LogP contribution in [0.5, 0.6) is 0 Å². The van der Waals surface area contributed by atoms with Crippen LogP contribution in [0, 0.1) is 5.92 Å². The Kier molecular flexibility index (Phi) is 6.36. The first-order valence-corrected chi connectivity index (χ1v) is 6.93. The second-order valence-electron chi connectivity index (χ2n) is 5.38. The molecule has 0 fully saturated rings. The molecule has 0 aliphatic carbocycles. The van der Waals surface area contributed by atoms with E-state index in [9.17, 15) is 0 Å². The van der Waals surface area contributed by atoms with Crippen LogP contribution in [0.15, 0.2) is 12.4 Å². The molecule has 0 aliphatic heterocycles. The lowest BCUT2D eigenvalue weighted by atomic mass is 10.0. The number of aromatic nitrogens is 2. The van der Waals surface area contributed by atoms with Crippen molar-refractivity contribution in [3.63, 3.8) is 0 Å². The molecular weight excluding hydrogens is 224 g/mol. The van der Waals surface area contributed by atoms with Crippen LogP contribution in [0.25, 0.3) is 0 Å². The molecule has 18 heavy (non-hydrogen) atoms. The normalized spacial score (nSPS) is 13.5. The minimum Gasteiger partial charge on any atom is -0.337 e. The fourth-order valence-corrected chi connectivity index (χ4v) is 2.22. The van der Waals surface area contributed by atoms with Gasteiger partial charge in [0.1, 0.15) is 5.82 Å². The Hall–Kier alpha value is -0.870. The first-order chi connectivity index (χ1) is 8.56. The minimum atomic E-state index is 0.549. The summed E-state index contributed by atoms with van der Waals surface area (Å²) in [4.78, 5) is 6.79. The molecule has 0 radical (unpaired) electrons. The van der Waals surface area contributed by atoms with E-state index in [4.69, 9.17) is 0 Å². The van der Waals surface area contributed by atoms with Gasteiger partial charge < -0.3 is 9.88 Å². The Balaban J connectivity index is 2.54. The number of imidazole rings is 1. The summed E-state index contributed by atoms with van der Waals surface area (Å²) < 4.78 is 2.09. The van der Waals surface area contributed by atoms with E-state index in [-0.39, 0.29) is 0 Å². The molecule has 0 aliphatic rings. The van der Waals surface area contributed by atoms with Gasteiger partial charge in [-0.05, 0) is 25.9 Å². The highest BCUT2D eigenvalue weighted by atomic mass is 15.2. The fourth-order valence-electron chi connectivity index (χ4n) is 2.22. The number of aryl methyl sites for hydroxylation is 1. The maximum Gasteiger partial charge on any atom is 0.122 e. The van der Waals surface area contributed by atoms with Gasteiger partial charge in [0, 0.05) is 32.0 Å². The van der Waals surface area contributed by atoms with Crippen molar-refractivity contribution in [3.05, 3.63) is 18.2 Å². The van der Waals surface area contributed by atoms with Gasteiger partial charge in [-0.15, -0.1) is 0 Å². The number of nitrogens with zero attached hydrogens (tertiary/aromatic N) is 3. The SMILES string of the molecule is CCCNCC(C(C)C)N(C)Cc1nccn1C. The Morgan fingerprint density at radius 1 is 1.44 bits per heavy atom. The summed E-state index contributed by atoms with van der Waals surface area (Å²) in [6.45, 7) is 9.82. The van der Waals surface area contributed by atoms with Crippen LogP contribution in [0.3, 0.4) is 0 Å². The van der Waals surface area contributed by atoms with Crippen LogP contribution in [0.1, 0.15) is 33.0 Å². The van der Waals surface area contributed by atoms with Crippen LogP contribution < -0.4 is 5.32 Å². The number of hydrogen-bond acceptors (Lipinski definition) is 3. The molecule has 104 valence electrons. The summed E-state index contributed by atoms with van der Waals surface area (Å²) in [6.07, 6.45) is 5.06. The second-order valence-corrected chi connectivity index (χ2v) is 5.38. The third-order valence-electron chi connectivity index (χ3n) is 3.43. The van der Waals surface area contributed by atoms with Gasteiger partial charge >= 0.3 is 0 Å². The van der Waals surface area contributed by atoms with Crippen LogP contribution >= 0.6 is 0 Å². The number of rotatable bonds is 8. The third kappa shape index (κ3) is 4.42. The molecule has 4 heteroatoms. The van der Waals surface area contributed by atoms with Gasteiger partial charge in [0.25, 0.3) is 0 Å². The van der Waals surface area contributed by atoms with E-state index in [2.05, 4.69) is 54.6 Å². The van der Waals surface area contributed by atoms with E-state index >= 15 is 0 Å². The Bertz CT molecular complexity index is 332. The molecule has 1 aromatic heterocycles. The molecule has 0 amide bonds. The van der Waals surface area contributed by atoms with Crippen molar-refractivity contribution in [2.75, 3.05) is 20.1 Å². The first kappa shape index (κ1) is 15.2. The maximum absolute atomic E-state index is 4.39. The monoisotopic (exact) mass is 252 g/mol. The van der Waals surface area contributed by atoms with Gasteiger partial charge in [0.05, 0.1) is 6.54 Å². The predicted octanol–water partition coefficient (Wildman–Crippen LogP) is 1.88. The molecule has 1 aromatic rings. The largest absolute Gasteiger partial charge is 0.337 e. The van der Waals surface area contributed by atoms with Crippen molar-refractivity contribution in [1.82, 2.24) is 19.8 Å². The van der Waals surface area contributed by atoms with Crippen molar-refractivity contribution >= 4 is 0 Å². The fraction of sp³-hybridized carbons (Fsp3) is 0.786. The molecule has 4 nitrogen and oxygen atoms in total. The Morgan fingerprint density at radius 3 is 2.67 bits per heavy atom. The van der Waals surface area contributed by atoms with Crippen LogP contribution in [0.2, 0.25) is 0 Å². The lowest BCUT2D eigenvalue weighted by Crippen LogP contribution is -2.43.